The predicted molar refractivity (Wildman–Crippen MR) is 108 cm³/mol. The molecule has 1 aromatic carbocycles. The normalized spacial score (nSPS) is 18.0. The Kier molecular flexibility index (Phi) is 6.11. The van der Waals surface area contributed by atoms with Crippen LogP contribution < -0.4 is 0 Å². The lowest BCUT2D eigenvalue weighted by molar-refractivity contribution is -0.134. The van der Waals surface area contributed by atoms with E-state index in [4.69, 9.17) is 9.52 Å². The first-order chi connectivity index (χ1) is 13.0. The summed E-state index contributed by atoms with van der Waals surface area (Å²) in [6, 6.07) is 12.2. The smallest absolute Gasteiger partial charge is 0.257 e. The number of carbonyl (C=O) groups is 1. The van der Waals surface area contributed by atoms with E-state index in [-0.39, 0.29) is 11.9 Å². The van der Waals surface area contributed by atoms with E-state index < -0.39 is 0 Å². The molecule has 27 heavy (non-hydrogen) atoms. The molecule has 0 saturated heterocycles. The zero-order chi connectivity index (χ0) is 19.4. The average molecular weight is 367 g/mol. The van der Waals surface area contributed by atoms with Gasteiger partial charge in [0.1, 0.15) is 11.8 Å². The Labute approximate surface area is 161 Å². The van der Waals surface area contributed by atoms with Crippen molar-refractivity contribution in [2.24, 2.45) is 5.10 Å². The second-order valence-corrected chi connectivity index (χ2v) is 7.44. The lowest BCUT2D eigenvalue weighted by Gasteiger charge is -2.27. The third-order valence-corrected chi connectivity index (χ3v) is 5.27. The van der Waals surface area contributed by atoms with Crippen LogP contribution in [0.2, 0.25) is 0 Å². The van der Waals surface area contributed by atoms with Gasteiger partial charge in [0.15, 0.2) is 0 Å². The van der Waals surface area contributed by atoms with Gasteiger partial charge in [-0.2, -0.15) is 5.10 Å². The molecule has 5 nitrogen and oxygen atoms in total. The van der Waals surface area contributed by atoms with Crippen LogP contribution in [0.5, 0.6) is 0 Å². The summed E-state index contributed by atoms with van der Waals surface area (Å²) in [5.41, 5.74) is 3.19. The van der Waals surface area contributed by atoms with E-state index in [9.17, 15) is 4.79 Å². The molecule has 0 aliphatic carbocycles. The molecule has 1 aliphatic heterocycles. The zero-order valence-electron chi connectivity index (χ0n) is 16.7. The Hall–Kier alpha value is -2.40. The van der Waals surface area contributed by atoms with Crippen molar-refractivity contribution in [2.45, 2.75) is 52.1 Å². The summed E-state index contributed by atoms with van der Waals surface area (Å²) in [6.07, 6.45) is 4.49. The second-order valence-electron chi connectivity index (χ2n) is 7.44. The van der Waals surface area contributed by atoms with Crippen molar-refractivity contribution in [3.63, 3.8) is 0 Å². The summed E-state index contributed by atoms with van der Waals surface area (Å²) in [4.78, 5) is 15.1. The first-order valence-corrected chi connectivity index (χ1v) is 9.69. The van der Waals surface area contributed by atoms with Gasteiger partial charge in [-0.1, -0.05) is 43.2 Å². The molecule has 3 rings (SSSR count). The topological polar surface area (TPSA) is 49.1 Å². The van der Waals surface area contributed by atoms with Crippen LogP contribution in [-0.4, -0.2) is 41.2 Å². The van der Waals surface area contributed by atoms with E-state index in [1.54, 1.807) is 11.3 Å². The quantitative estimate of drug-likeness (QED) is 0.729. The van der Waals surface area contributed by atoms with E-state index >= 15 is 0 Å². The Morgan fingerprint density at radius 1 is 1.33 bits per heavy atom. The van der Waals surface area contributed by atoms with Crippen LogP contribution in [0.15, 0.2) is 52.2 Å². The third kappa shape index (κ3) is 4.48. The van der Waals surface area contributed by atoms with Crippen LogP contribution in [0.1, 0.15) is 56.0 Å². The summed E-state index contributed by atoms with van der Waals surface area (Å²) in [7, 11) is 2.00. The fraction of sp³-hybridized carbons (Fsp3) is 0.455. The fourth-order valence-electron chi connectivity index (χ4n) is 3.44. The van der Waals surface area contributed by atoms with Gasteiger partial charge in [0.05, 0.1) is 18.5 Å². The molecule has 0 spiro atoms. The van der Waals surface area contributed by atoms with Crippen LogP contribution in [0.3, 0.4) is 0 Å². The number of carbonyl (C=O) groups excluding carboxylic acids is 1. The number of benzene rings is 1. The maximum Gasteiger partial charge on any atom is 0.257 e. The van der Waals surface area contributed by atoms with Crippen molar-refractivity contribution in [2.75, 3.05) is 13.6 Å². The van der Waals surface area contributed by atoms with Crippen LogP contribution in [0.25, 0.3) is 0 Å². The summed E-state index contributed by atoms with van der Waals surface area (Å²) in [6.45, 7) is 6.74. The van der Waals surface area contributed by atoms with Gasteiger partial charge in [0, 0.05) is 12.5 Å². The first-order valence-electron chi connectivity index (χ1n) is 9.69. The number of hydrazone groups is 1. The van der Waals surface area contributed by atoms with Crippen molar-refractivity contribution in [3.05, 3.63) is 59.5 Å². The number of amides is 1. The van der Waals surface area contributed by atoms with Crippen molar-refractivity contribution in [1.29, 1.82) is 0 Å². The molecular weight excluding hydrogens is 338 g/mol. The minimum absolute atomic E-state index is 0.00367. The van der Waals surface area contributed by atoms with Gasteiger partial charge in [0.2, 0.25) is 0 Å². The summed E-state index contributed by atoms with van der Waals surface area (Å²) >= 11 is 0. The van der Waals surface area contributed by atoms with Gasteiger partial charge in [-0.25, -0.2) is 5.01 Å². The number of aryl methyl sites for hydroxylation is 1. The number of hydrogen-bond donors (Lipinski definition) is 0. The Bertz CT molecular complexity index is 780. The maximum atomic E-state index is 13.0. The first kappa shape index (κ1) is 19.4. The third-order valence-electron chi connectivity index (χ3n) is 5.27. The summed E-state index contributed by atoms with van der Waals surface area (Å²) < 4.78 is 5.61. The number of hydrogen-bond acceptors (Lipinski definition) is 4. The van der Waals surface area contributed by atoms with Crippen LogP contribution in [-0.2, 0) is 4.79 Å². The molecule has 2 aromatic rings. The van der Waals surface area contributed by atoms with E-state index in [0.29, 0.717) is 19.0 Å². The molecule has 0 bridgehead atoms. The van der Waals surface area contributed by atoms with E-state index in [2.05, 4.69) is 49.9 Å². The van der Waals surface area contributed by atoms with Crippen LogP contribution in [0.4, 0.5) is 0 Å². The van der Waals surface area contributed by atoms with Gasteiger partial charge < -0.3 is 4.42 Å². The molecule has 2 heterocycles. The van der Waals surface area contributed by atoms with E-state index in [1.165, 1.54) is 5.56 Å². The number of furan rings is 1. The number of rotatable bonds is 7. The second kappa shape index (κ2) is 8.53. The highest BCUT2D eigenvalue weighted by molar-refractivity contribution is 6.03. The molecule has 0 fully saturated rings. The zero-order valence-corrected chi connectivity index (χ0v) is 16.7. The van der Waals surface area contributed by atoms with E-state index in [1.807, 2.05) is 19.2 Å². The van der Waals surface area contributed by atoms with Crippen molar-refractivity contribution >= 4 is 11.6 Å². The van der Waals surface area contributed by atoms with Crippen LogP contribution in [0, 0.1) is 6.92 Å². The molecule has 144 valence electrons. The minimum atomic E-state index is -0.182. The molecule has 1 amide bonds. The molecule has 0 radical (unpaired) electrons. The Balaban J connectivity index is 1.81. The largest absolute Gasteiger partial charge is 0.467 e. The Morgan fingerprint density at radius 3 is 2.70 bits per heavy atom. The molecule has 2 unspecified atom stereocenters. The predicted octanol–water partition coefficient (Wildman–Crippen LogP) is 4.39. The monoisotopic (exact) mass is 367 g/mol. The molecule has 0 N–H and O–H groups in total. The van der Waals surface area contributed by atoms with Gasteiger partial charge in [-0.3, -0.25) is 9.69 Å². The Morgan fingerprint density at radius 2 is 2.07 bits per heavy atom. The fourth-order valence-corrected chi connectivity index (χ4v) is 3.44. The molecule has 1 aliphatic rings. The average Bonchev–Trinajstić information content (AvgIpc) is 3.32. The molecule has 0 saturated carbocycles. The molecular formula is C22H29N3O2. The minimum Gasteiger partial charge on any atom is -0.467 e. The molecule has 5 heteroatoms. The van der Waals surface area contributed by atoms with Crippen molar-refractivity contribution in [3.8, 4) is 0 Å². The lowest BCUT2D eigenvalue weighted by Crippen LogP contribution is -2.40. The van der Waals surface area contributed by atoms with Crippen molar-refractivity contribution in [1.82, 2.24) is 9.91 Å². The highest BCUT2D eigenvalue weighted by Crippen LogP contribution is 2.33. The SMILES string of the molecule is CCCC(C)N(C)CC(=O)N1N=C(c2ccc(C)cc2)CC1c1ccco1. The maximum absolute atomic E-state index is 13.0. The van der Waals surface area contributed by atoms with Gasteiger partial charge in [-0.05, 0) is 45.0 Å². The standard InChI is InChI=1S/C22H29N3O2/c1-5-7-17(3)24(4)15-22(26)25-20(21-8-6-13-27-21)14-19(23-25)18-11-9-16(2)10-12-18/h6,8-13,17,20H,5,7,14-15H2,1-4H3. The number of likely N-dealkylation sites (N-methyl/N-ethyl adjacent to an activating group) is 1. The summed E-state index contributed by atoms with van der Waals surface area (Å²) in [5.74, 6) is 0.780. The highest BCUT2D eigenvalue weighted by atomic mass is 16.3. The summed E-state index contributed by atoms with van der Waals surface area (Å²) in [5, 5.41) is 6.31. The highest BCUT2D eigenvalue weighted by Gasteiger charge is 2.35. The van der Waals surface area contributed by atoms with Crippen LogP contribution >= 0.6 is 0 Å². The van der Waals surface area contributed by atoms with Gasteiger partial charge in [-0.15, -0.1) is 0 Å². The lowest BCUT2D eigenvalue weighted by atomic mass is 10.0. The number of nitrogens with zero attached hydrogens (tertiary/aromatic N) is 3. The molecule has 2 atom stereocenters. The molecule has 1 aromatic heterocycles. The van der Waals surface area contributed by atoms with Gasteiger partial charge >= 0.3 is 0 Å². The van der Waals surface area contributed by atoms with Gasteiger partial charge in [0.25, 0.3) is 5.91 Å². The van der Waals surface area contributed by atoms with E-state index in [0.717, 1.165) is 29.9 Å². The van der Waals surface area contributed by atoms with Crippen molar-refractivity contribution < 1.29 is 9.21 Å².